The molecule has 4 heteroatoms. The van der Waals surface area contributed by atoms with Crippen LogP contribution in [0.5, 0.6) is 0 Å². The molecule has 0 atom stereocenters. The summed E-state index contributed by atoms with van der Waals surface area (Å²) in [5.74, 6) is 0. The van der Waals surface area contributed by atoms with E-state index >= 15 is 0 Å². The van der Waals surface area contributed by atoms with Crippen molar-refractivity contribution in [1.29, 1.82) is 0 Å². The van der Waals surface area contributed by atoms with Gasteiger partial charge in [-0.3, -0.25) is 4.68 Å². The summed E-state index contributed by atoms with van der Waals surface area (Å²) in [5, 5.41) is 5.25. The molecule has 2 rings (SSSR count). The van der Waals surface area contributed by atoms with Gasteiger partial charge in [-0.05, 0) is 31.5 Å². The van der Waals surface area contributed by atoms with E-state index in [2.05, 4.69) is 12.0 Å². The topological polar surface area (TPSA) is 43.8 Å². The fourth-order valence-corrected chi connectivity index (χ4v) is 2.20. The Morgan fingerprint density at radius 2 is 1.88 bits per heavy atom. The first kappa shape index (κ1) is 12.1. The van der Waals surface area contributed by atoms with Crippen molar-refractivity contribution in [3.8, 4) is 11.1 Å². The summed E-state index contributed by atoms with van der Waals surface area (Å²) in [4.78, 5) is 0. The molecule has 17 heavy (non-hydrogen) atoms. The first-order valence-corrected chi connectivity index (χ1v) is 6.01. The molecular weight excluding hydrogens is 234 g/mol. The van der Waals surface area contributed by atoms with Gasteiger partial charge >= 0.3 is 0 Å². The summed E-state index contributed by atoms with van der Waals surface area (Å²) in [7, 11) is 0. The van der Waals surface area contributed by atoms with Gasteiger partial charge < -0.3 is 5.73 Å². The summed E-state index contributed by atoms with van der Waals surface area (Å²) in [6.45, 7) is 5.44. The fourth-order valence-electron chi connectivity index (χ4n) is 2.07. The third kappa shape index (κ3) is 2.35. The van der Waals surface area contributed by atoms with E-state index in [-0.39, 0.29) is 0 Å². The Labute approximate surface area is 106 Å². The number of aromatic nitrogens is 2. The van der Waals surface area contributed by atoms with Crippen molar-refractivity contribution in [2.45, 2.75) is 20.4 Å². The molecule has 2 N–H and O–H groups in total. The molecular formula is C13H16ClN3. The first-order chi connectivity index (χ1) is 8.13. The molecule has 0 amide bonds. The lowest BCUT2D eigenvalue weighted by atomic mass is 10.0. The standard InChI is InChI=1S/C13H16ClN3/c1-9-13(10(2)17(16-9)8-7-15)11-3-5-12(14)6-4-11/h3-6H,7-8,15H2,1-2H3. The van der Waals surface area contributed by atoms with E-state index in [0.717, 1.165) is 28.5 Å². The Balaban J connectivity index is 2.48. The highest BCUT2D eigenvalue weighted by molar-refractivity contribution is 6.30. The second-order valence-electron chi connectivity index (χ2n) is 4.06. The van der Waals surface area contributed by atoms with Gasteiger partial charge in [0, 0.05) is 22.8 Å². The monoisotopic (exact) mass is 249 g/mol. The van der Waals surface area contributed by atoms with Crippen molar-refractivity contribution in [3.63, 3.8) is 0 Å². The van der Waals surface area contributed by atoms with Crippen molar-refractivity contribution < 1.29 is 0 Å². The molecule has 90 valence electrons. The van der Waals surface area contributed by atoms with E-state index in [1.807, 2.05) is 35.9 Å². The molecule has 0 fully saturated rings. The number of nitrogens with zero attached hydrogens (tertiary/aromatic N) is 2. The van der Waals surface area contributed by atoms with E-state index in [9.17, 15) is 0 Å². The third-order valence-electron chi connectivity index (χ3n) is 2.86. The zero-order valence-electron chi connectivity index (χ0n) is 10.1. The highest BCUT2D eigenvalue weighted by Crippen LogP contribution is 2.27. The SMILES string of the molecule is Cc1nn(CCN)c(C)c1-c1ccc(Cl)cc1. The number of rotatable bonds is 3. The zero-order chi connectivity index (χ0) is 12.4. The molecule has 0 aliphatic rings. The summed E-state index contributed by atoms with van der Waals surface area (Å²) in [6, 6.07) is 7.84. The summed E-state index contributed by atoms with van der Waals surface area (Å²) < 4.78 is 1.96. The molecule has 1 heterocycles. The molecule has 0 aliphatic carbocycles. The van der Waals surface area contributed by atoms with Crippen molar-refractivity contribution in [3.05, 3.63) is 40.7 Å². The number of aryl methyl sites for hydroxylation is 1. The lowest BCUT2D eigenvalue weighted by Crippen LogP contribution is -2.12. The van der Waals surface area contributed by atoms with Crippen molar-refractivity contribution in [2.75, 3.05) is 6.54 Å². The van der Waals surface area contributed by atoms with Gasteiger partial charge in [0.15, 0.2) is 0 Å². The number of nitrogens with two attached hydrogens (primary N) is 1. The van der Waals surface area contributed by atoms with Gasteiger partial charge in [-0.25, -0.2) is 0 Å². The van der Waals surface area contributed by atoms with E-state index in [1.165, 1.54) is 5.56 Å². The lowest BCUT2D eigenvalue weighted by Gasteiger charge is -2.04. The van der Waals surface area contributed by atoms with Crippen LogP contribution in [0.4, 0.5) is 0 Å². The second-order valence-corrected chi connectivity index (χ2v) is 4.50. The molecule has 0 spiro atoms. The van der Waals surface area contributed by atoms with Crippen LogP contribution in [0.25, 0.3) is 11.1 Å². The van der Waals surface area contributed by atoms with Gasteiger partial charge in [0.25, 0.3) is 0 Å². The predicted octanol–water partition coefficient (Wildman–Crippen LogP) is 2.78. The number of halogens is 1. The van der Waals surface area contributed by atoms with Crippen LogP contribution in [0.15, 0.2) is 24.3 Å². The van der Waals surface area contributed by atoms with Crippen LogP contribution in [-0.2, 0) is 6.54 Å². The zero-order valence-corrected chi connectivity index (χ0v) is 10.8. The van der Waals surface area contributed by atoms with Crippen LogP contribution >= 0.6 is 11.6 Å². The van der Waals surface area contributed by atoms with Gasteiger partial charge in [0.05, 0.1) is 12.2 Å². The number of hydrogen-bond acceptors (Lipinski definition) is 2. The normalized spacial score (nSPS) is 10.8. The Hall–Kier alpha value is -1.32. The molecule has 0 aliphatic heterocycles. The fraction of sp³-hybridized carbons (Fsp3) is 0.308. The number of hydrogen-bond donors (Lipinski definition) is 1. The maximum absolute atomic E-state index is 5.90. The van der Waals surface area contributed by atoms with Gasteiger partial charge in [-0.1, -0.05) is 23.7 Å². The van der Waals surface area contributed by atoms with Crippen molar-refractivity contribution >= 4 is 11.6 Å². The maximum atomic E-state index is 5.90. The third-order valence-corrected chi connectivity index (χ3v) is 3.11. The minimum atomic E-state index is 0.599. The Morgan fingerprint density at radius 3 is 2.47 bits per heavy atom. The maximum Gasteiger partial charge on any atom is 0.0674 e. The predicted molar refractivity (Wildman–Crippen MR) is 71.2 cm³/mol. The van der Waals surface area contributed by atoms with Crippen LogP contribution in [0.2, 0.25) is 5.02 Å². The first-order valence-electron chi connectivity index (χ1n) is 5.63. The molecule has 0 bridgehead atoms. The molecule has 0 saturated heterocycles. The Morgan fingerprint density at radius 1 is 1.24 bits per heavy atom. The average Bonchev–Trinajstić information content (AvgIpc) is 2.57. The second kappa shape index (κ2) is 4.90. The lowest BCUT2D eigenvalue weighted by molar-refractivity contribution is 0.604. The Bertz CT molecular complexity index is 514. The molecule has 2 aromatic rings. The van der Waals surface area contributed by atoms with Gasteiger partial charge in [-0.2, -0.15) is 5.10 Å². The van der Waals surface area contributed by atoms with Crippen molar-refractivity contribution in [2.24, 2.45) is 5.73 Å². The minimum Gasteiger partial charge on any atom is -0.329 e. The van der Waals surface area contributed by atoms with E-state index in [1.54, 1.807) is 0 Å². The summed E-state index contributed by atoms with van der Waals surface area (Å²) >= 11 is 5.90. The highest BCUT2D eigenvalue weighted by atomic mass is 35.5. The Kier molecular flexibility index (Phi) is 3.50. The molecule has 1 aromatic heterocycles. The smallest absolute Gasteiger partial charge is 0.0674 e. The summed E-state index contributed by atoms with van der Waals surface area (Å²) in [5.41, 5.74) is 10.1. The molecule has 3 nitrogen and oxygen atoms in total. The van der Waals surface area contributed by atoms with Crippen LogP contribution < -0.4 is 5.73 Å². The van der Waals surface area contributed by atoms with E-state index < -0.39 is 0 Å². The van der Waals surface area contributed by atoms with Crippen LogP contribution in [-0.4, -0.2) is 16.3 Å². The average molecular weight is 250 g/mol. The molecule has 0 unspecified atom stereocenters. The molecule has 0 saturated carbocycles. The highest BCUT2D eigenvalue weighted by Gasteiger charge is 2.12. The van der Waals surface area contributed by atoms with Crippen molar-refractivity contribution in [1.82, 2.24) is 9.78 Å². The van der Waals surface area contributed by atoms with E-state index in [4.69, 9.17) is 17.3 Å². The largest absolute Gasteiger partial charge is 0.329 e. The van der Waals surface area contributed by atoms with Gasteiger partial charge in [0.2, 0.25) is 0 Å². The summed E-state index contributed by atoms with van der Waals surface area (Å²) in [6.07, 6.45) is 0. The van der Waals surface area contributed by atoms with Gasteiger partial charge in [0.1, 0.15) is 0 Å². The minimum absolute atomic E-state index is 0.599. The van der Waals surface area contributed by atoms with Crippen LogP contribution in [0, 0.1) is 13.8 Å². The van der Waals surface area contributed by atoms with Gasteiger partial charge in [-0.15, -0.1) is 0 Å². The quantitative estimate of drug-likeness (QED) is 0.909. The van der Waals surface area contributed by atoms with E-state index in [0.29, 0.717) is 6.54 Å². The molecule has 0 radical (unpaired) electrons. The van der Waals surface area contributed by atoms with Crippen LogP contribution in [0.1, 0.15) is 11.4 Å². The van der Waals surface area contributed by atoms with Crippen LogP contribution in [0.3, 0.4) is 0 Å². The number of benzene rings is 1. The molecule has 1 aromatic carbocycles.